The molecule has 1 heterocycles. The molecule has 0 aliphatic carbocycles. The predicted molar refractivity (Wildman–Crippen MR) is 68.4 cm³/mol. The number of hydrogen-bond acceptors (Lipinski definition) is 5. The van der Waals surface area contributed by atoms with E-state index in [0.29, 0.717) is 35.4 Å². The number of fused-ring (bicyclic) bond motifs is 1. The van der Waals surface area contributed by atoms with Gasteiger partial charge in [0.05, 0.1) is 16.9 Å². The van der Waals surface area contributed by atoms with Crippen LogP contribution >= 0.6 is 0 Å². The second-order valence-corrected chi connectivity index (χ2v) is 3.80. The van der Waals surface area contributed by atoms with Gasteiger partial charge in [-0.1, -0.05) is 0 Å². The summed E-state index contributed by atoms with van der Waals surface area (Å²) in [7, 11) is 1.58. The number of nitrogen functional groups attached to an aromatic ring is 1. The lowest BCUT2D eigenvalue weighted by molar-refractivity contribution is -0.120. The fourth-order valence-electron chi connectivity index (χ4n) is 1.60. The fraction of sp³-hybridized carbons (Fsp3) is 0.273. The number of anilines is 2. The maximum absolute atomic E-state index is 11.1. The molecule has 0 fully saturated rings. The maximum Gasteiger partial charge on any atom is 0.417 e. The van der Waals surface area contributed by atoms with Crippen LogP contribution in [-0.4, -0.2) is 24.5 Å². The van der Waals surface area contributed by atoms with E-state index in [1.54, 1.807) is 19.2 Å². The first-order chi connectivity index (χ1) is 8.60. The molecule has 5 N–H and O–H groups in total. The molecule has 1 aromatic carbocycles. The number of nitrogens with one attached hydrogen (secondary N) is 3. The van der Waals surface area contributed by atoms with E-state index in [1.807, 2.05) is 0 Å². The highest BCUT2D eigenvalue weighted by Crippen LogP contribution is 2.24. The summed E-state index contributed by atoms with van der Waals surface area (Å²) in [5.41, 5.74) is 7.90. The Labute approximate surface area is 102 Å². The van der Waals surface area contributed by atoms with Gasteiger partial charge in [0, 0.05) is 26.1 Å². The summed E-state index contributed by atoms with van der Waals surface area (Å²) in [5.74, 6) is -0.578. The van der Waals surface area contributed by atoms with E-state index in [9.17, 15) is 9.59 Å². The van der Waals surface area contributed by atoms with Crippen LogP contribution in [0.3, 0.4) is 0 Å². The molecule has 0 unspecified atom stereocenters. The Kier molecular flexibility index (Phi) is 3.22. The van der Waals surface area contributed by atoms with Crippen molar-refractivity contribution in [2.75, 3.05) is 24.6 Å². The minimum Gasteiger partial charge on any atom is -0.408 e. The van der Waals surface area contributed by atoms with Gasteiger partial charge < -0.3 is 20.8 Å². The number of nitrogens with two attached hydrogens (primary N) is 1. The summed E-state index contributed by atoms with van der Waals surface area (Å²) in [4.78, 5) is 24.6. The summed E-state index contributed by atoms with van der Waals surface area (Å²) in [6, 6.07) is 3.24. The molecule has 1 amide bonds. The van der Waals surface area contributed by atoms with E-state index in [1.165, 1.54) is 0 Å². The van der Waals surface area contributed by atoms with Gasteiger partial charge in [-0.2, -0.15) is 0 Å². The second kappa shape index (κ2) is 4.82. The van der Waals surface area contributed by atoms with Gasteiger partial charge in [-0.25, -0.2) is 4.79 Å². The molecule has 18 heavy (non-hydrogen) atoms. The smallest absolute Gasteiger partial charge is 0.408 e. The summed E-state index contributed by atoms with van der Waals surface area (Å²) in [6.07, 6.45) is 0.343. The van der Waals surface area contributed by atoms with E-state index in [-0.39, 0.29) is 5.91 Å². The van der Waals surface area contributed by atoms with Crippen LogP contribution in [0.1, 0.15) is 6.42 Å². The van der Waals surface area contributed by atoms with Gasteiger partial charge >= 0.3 is 5.76 Å². The Balaban J connectivity index is 2.15. The molecule has 2 rings (SSSR count). The zero-order valence-corrected chi connectivity index (χ0v) is 9.87. The number of aromatic amines is 1. The standard InChI is InChI=1S/C11H14N4O3/c1-13-10(16)2-3-14-7-5-8-9(4-6(7)12)18-11(17)15-8/h4-5,14H,2-3,12H2,1H3,(H,13,16)(H,15,17). The predicted octanol–water partition coefficient (Wildman–Crippen LogP) is 0.251. The zero-order chi connectivity index (χ0) is 13.1. The number of H-pyrrole nitrogens is 1. The fourth-order valence-corrected chi connectivity index (χ4v) is 1.60. The van der Waals surface area contributed by atoms with Crippen molar-refractivity contribution in [1.82, 2.24) is 10.3 Å². The number of benzene rings is 1. The van der Waals surface area contributed by atoms with Crippen molar-refractivity contribution in [2.24, 2.45) is 0 Å². The summed E-state index contributed by atoms with van der Waals surface area (Å²) in [5, 5.41) is 5.56. The quantitative estimate of drug-likeness (QED) is 0.581. The first-order valence-electron chi connectivity index (χ1n) is 5.47. The van der Waals surface area contributed by atoms with Crippen LogP contribution in [0.5, 0.6) is 0 Å². The highest BCUT2D eigenvalue weighted by molar-refractivity contribution is 5.85. The van der Waals surface area contributed by atoms with E-state index in [0.717, 1.165) is 0 Å². The molecule has 0 aliphatic rings. The third-order valence-electron chi connectivity index (χ3n) is 2.54. The van der Waals surface area contributed by atoms with Crippen LogP contribution in [-0.2, 0) is 4.79 Å². The lowest BCUT2D eigenvalue weighted by Crippen LogP contribution is -2.21. The van der Waals surface area contributed by atoms with Crippen molar-refractivity contribution in [2.45, 2.75) is 6.42 Å². The summed E-state index contributed by atoms with van der Waals surface area (Å²) < 4.78 is 4.88. The second-order valence-electron chi connectivity index (χ2n) is 3.80. The molecule has 0 saturated carbocycles. The Hall–Kier alpha value is -2.44. The number of carbonyl (C=O) groups excluding carboxylic acids is 1. The van der Waals surface area contributed by atoms with Crippen molar-refractivity contribution in [1.29, 1.82) is 0 Å². The first-order valence-corrected chi connectivity index (χ1v) is 5.47. The van der Waals surface area contributed by atoms with Gasteiger partial charge in [-0.15, -0.1) is 0 Å². The minimum absolute atomic E-state index is 0.0566. The minimum atomic E-state index is -0.521. The Morgan fingerprint density at radius 1 is 1.50 bits per heavy atom. The molecule has 96 valence electrons. The molecular formula is C11H14N4O3. The molecule has 1 aromatic heterocycles. The van der Waals surface area contributed by atoms with Crippen LogP contribution in [0.4, 0.5) is 11.4 Å². The van der Waals surface area contributed by atoms with Crippen molar-refractivity contribution in [3.8, 4) is 0 Å². The monoisotopic (exact) mass is 250 g/mol. The molecule has 2 aromatic rings. The molecule has 0 bridgehead atoms. The number of aromatic nitrogens is 1. The molecule has 7 heteroatoms. The highest BCUT2D eigenvalue weighted by atomic mass is 16.4. The Morgan fingerprint density at radius 2 is 2.28 bits per heavy atom. The topological polar surface area (TPSA) is 113 Å². The van der Waals surface area contributed by atoms with Crippen molar-refractivity contribution in [3.63, 3.8) is 0 Å². The average molecular weight is 250 g/mol. The average Bonchev–Trinajstić information content (AvgIpc) is 2.68. The van der Waals surface area contributed by atoms with Crippen LogP contribution in [0.2, 0.25) is 0 Å². The Bertz CT molecular complexity index is 629. The van der Waals surface area contributed by atoms with Crippen molar-refractivity contribution in [3.05, 3.63) is 22.7 Å². The maximum atomic E-state index is 11.1. The van der Waals surface area contributed by atoms with Crippen LogP contribution in [0.15, 0.2) is 21.3 Å². The highest BCUT2D eigenvalue weighted by Gasteiger charge is 2.06. The molecule has 7 nitrogen and oxygen atoms in total. The molecule has 0 atom stereocenters. The molecule has 0 radical (unpaired) electrons. The number of oxazole rings is 1. The van der Waals surface area contributed by atoms with Crippen molar-refractivity contribution >= 4 is 28.4 Å². The number of carbonyl (C=O) groups is 1. The number of amides is 1. The van der Waals surface area contributed by atoms with E-state index in [4.69, 9.17) is 10.2 Å². The van der Waals surface area contributed by atoms with Gasteiger partial charge in [0.15, 0.2) is 5.58 Å². The van der Waals surface area contributed by atoms with Gasteiger partial charge in [-0.3, -0.25) is 9.78 Å². The number of rotatable bonds is 4. The normalized spacial score (nSPS) is 10.5. The van der Waals surface area contributed by atoms with E-state index < -0.39 is 5.76 Å². The van der Waals surface area contributed by atoms with Crippen LogP contribution < -0.4 is 22.1 Å². The molecule has 0 spiro atoms. The van der Waals surface area contributed by atoms with Gasteiger partial charge in [-0.05, 0) is 6.07 Å². The zero-order valence-electron chi connectivity index (χ0n) is 9.87. The lowest BCUT2D eigenvalue weighted by atomic mass is 10.2. The van der Waals surface area contributed by atoms with Crippen molar-refractivity contribution < 1.29 is 9.21 Å². The third-order valence-corrected chi connectivity index (χ3v) is 2.54. The van der Waals surface area contributed by atoms with Crippen LogP contribution in [0.25, 0.3) is 11.1 Å². The number of hydrogen-bond donors (Lipinski definition) is 4. The summed E-state index contributed by atoms with van der Waals surface area (Å²) >= 11 is 0. The lowest BCUT2D eigenvalue weighted by Gasteiger charge is -2.08. The van der Waals surface area contributed by atoms with Gasteiger partial charge in [0.25, 0.3) is 0 Å². The summed E-state index contributed by atoms with van der Waals surface area (Å²) in [6.45, 7) is 0.456. The molecular weight excluding hydrogens is 236 g/mol. The van der Waals surface area contributed by atoms with Gasteiger partial charge in [0.2, 0.25) is 5.91 Å². The van der Waals surface area contributed by atoms with E-state index >= 15 is 0 Å². The largest absolute Gasteiger partial charge is 0.417 e. The van der Waals surface area contributed by atoms with Crippen LogP contribution in [0, 0.1) is 0 Å². The SMILES string of the molecule is CNC(=O)CCNc1cc2[nH]c(=O)oc2cc1N. The molecule has 0 aliphatic heterocycles. The molecule has 0 saturated heterocycles. The van der Waals surface area contributed by atoms with Gasteiger partial charge in [0.1, 0.15) is 0 Å². The first kappa shape index (κ1) is 12.0. The van der Waals surface area contributed by atoms with E-state index in [2.05, 4.69) is 15.6 Å². The Morgan fingerprint density at radius 3 is 3.00 bits per heavy atom. The third kappa shape index (κ3) is 2.45.